The van der Waals surface area contributed by atoms with E-state index in [1.165, 1.54) is 0 Å². The molecule has 0 fully saturated rings. The summed E-state index contributed by atoms with van der Waals surface area (Å²) in [5.41, 5.74) is 3.05. The highest BCUT2D eigenvalue weighted by Crippen LogP contribution is 2.27. The normalized spacial score (nSPS) is 10.0. The van der Waals surface area contributed by atoms with Crippen LogP contribution in [0, 0.1) is 18.3 Å². The SMILES string of the molecule is CCOc1ccc(-c2nc(Cl)c(C#N)cc2C)cc1. The lowest BCUT2D eigenvalue weighted by Crippen LogP contribution is -1.94. The van der Waals surface area contributed by atoms with Gasteiger partial charge in [0.15, 0.2) is 0 Å². The number of hydrogen-bond donors (Lipinski definition) is 0. The first-order valence-electron chi connectivity index (χ1n) is 5.96. The highest BCUT2D eigenvalue weighted by molar-refractivity contribution is 6.30. The van der Waals surface area contributed by atoms with Crippen LogP contribution in [-0.2, 0) is 0 Å². The van der Waals surface area contributed by atoms with E-state index in [-0.39, 0.29) is 5.15 Å². The summed E-state index contributed by atoms with van der Waals surface area (Å²) in [4.78, 5) is 4.29. The van der Waals surface area contributed by atoms with Gasteiger partial charge in [-0.15, -0.1) is 0 Å². The third kappa shape index (κ3) is 2.86. The van der Waals surface area contributed by atoms with Gasteiger partial charge in [-0.05, 0) is 49.7 Å². The maximum Gasteiger partial charge on any atom is 0.147 e. The average Bonchev–Trinajstić information content (AvgIpc) is 2.42. The number of nitrogens with zero attached hydrogens (tertiary/aromatic N) is 2. The molecule has 0 aliphatic heterocycles. The molecule has 2 rings (SSSR count). The summed E-state index contributed by atoms with van der Waals surface area (Å²) in [5.74, 6) is 0.823. The van der Waals surface area contributed by atoms with Crippen LogP contribution in [0.2, 0.25) is 5.15 Å². The zero-order chi connectivity index (χ0) is 13.8. The predicted molar refractivity (Wildman–Crippen MR) is 75.3 cm³/mol. The van der Waals surface area contributed by atoms with E-state index in [0.29, 0.717) is 12.2 Å². The number of hydrogen-bond acceptors (Lipinski definition) is 3. The highest BCUT2D eigenvalue weighted by Gasteiger charge is 2.09. The van der Waals surface area contributed by atoms with Gasteiger partial charge in [-0.1, -0.05) is 11.6 Å². The fraction of sp³-hybridized carbons (Fsp3) is 0.200. The summed E-state index contributed by atoms with van der Waals surface area (Å²) >= 11 is 5.97. The van der Waals surface area contributed by atoms with Crippen molar-refractivity contribution < 1.29 is 4.74 Å². The average molecular weight is 273 g/mol. The molecule has 0 saturated carbocycles. The number of ether oxygens (including phenoxy) is 1. The number of benzene rings is 1. The first-order chi connectivity index (χ1) is 9.15. The number of aryl methyl sites for hydroxylation is 1. The van der Waals surface area contributed by atoms with Gasteiger partial charge in [-0.3, -0.25) is 0 Å². The fourth-order valence-corrected chi connectivity index (χ4v) is 2.02. The summed E-state index contributed by atoms with van der Waals surface area (Å²) in [6, 6.07) is 11.4. The van der Waals surface area contributed by atoms with Gasteiger partial charge in [0.25, 0.3) is 0 Å². The van der Waals surface area contributed by atoms with Crippen LogP contribution in [0.4, 0.5) is 0 Å². The summed E-state index contributed by atoms with van der Waals surface area (Å²) < 4.78 is 5.40. The van der Waals surface area contributed by atoms with E-state index in [4.69, 9.17) is 21.6 Å². The van der Waals surface area contributed by atoms with E-state index < -0.39 is 0 Å². The standard InChI is InChI=1S/C15H13ClN2O/c1-3-19-13-6-4-11(5-7-13)14-10(2)8-12(9-17)15(16)18-14/h4-8H,3H2,1-2H3. The smallest absolute Gasteiger partial charge is 0.147 e. The number of nitriles is 1. The Morgan fingerprint density at radius 2 is 2.00 bits per heavy atom. The van der Waals surface area contributed by atoms with Crippen molar-refractivity contribution >= 4 is 11.6 Å². The number of halogens is 1. The number of rotatable bonds is 3. The first kappa shape index (κ1) is 13.4. The van der Waals surface area contributed by atoms with E-state index in [9.17, 15) is 0 Å². The van der Waals surface area contributed by atoms with Crippen LogP contribution in [0.5, 0.6) is 5.75 Å². The van der Waals surface area contributed by atoms with E-state index in [2.05, 4.69) is 4.98 Å². The highest BCUT2D eigenvalue weighted by atomic mass is 35.5. The van der Waals surface area contributed by atoms with Gasteiger partial charge >= 0.3 is 0 Å². The molecule has 2 aromatic rings. The molecule has 1 heterocycles. The molecule has 0 N–H and O–H groups in total. The molecule has 96 valence electrons. The Morgan fingerprint density at radius 3 is 2.58 bits per heavy atom. The van der Waals surface area contributed by atoms with E-state index in [1.807, 2.05) is 44.2 Å². The molecule has 0 bridgehead atoms. The van der Waals surface area contributed by atoms with Gasteiger partial charge < -0.3 is 4.74 Å². The molecular formula is C15H13ClN2O. The van der Waals surface area contributed by atoms with Gasteiger partial charge in [0.05, 0.1) is 17.9 Å². The lowest BCUT2D eigenvalue weighted by atomic mass is 10.1. The molecule has 0 spiro atoms. The quantitative estimate of drug-likeness (QED) is 0.794. The maximum absolute atomic E-state index is 8.91. The van der Waals surface area contributed by atoms with E-state index in [1.54, 1.807) is 6.07 Å². The minimum Gasteiger partial charge on any atom is -0.494 e. The lowest BCUT2D eigenvalue weighted by molar-refractivity contribution is 0.340. The zero-order valence-electron chi connectivity index (χ0n) is 10.8. The molecule has 0 amide bonds. The minimum atomic E-state index is 0.233. The molecule has 3 nitrogen and oxygen atoms in total. The summed E-state index contributed by atoms with van der Waals surface area (Å²) in [5, 5.41) is 9.14. The molecule has 4 heteroatoms. The van der Waals surface area contributed by atoms with Crippen LogP contribution in [-0.4, -0.2) is 11.6 Å². The predicted octanol–water partition coefficient (Wildman–Crippen LogP) is 3.98. The van der Waals surface area contributed by atoms with Crippen LogP contribution in [0.25, 0.3) is 11.3 Å². The van der Waals surface area contributed by atoms with Gasteiger partial charge in [-0.2, -0.15) is 5.26 Å². The topological polar surface area (TPSA) is 45.9 Å². The van der Waals surface area contributed by atoms with Gasteiger partial charge in [0.2, 0.25) is 0 Å². The molecular weight excluding hydrogens is 260 g/mol. The van der Waals surface area contributed by atoms with Crippen LogP contribution in [0.1, 0.15) is 18.1 Å². The molecule has 0 saturated heterocycles. The fourth-order valence-electron chi connectivity index (χ4n) is 1.84. The van der Waals surface area contributed by atoms with Gasteiger partial charge in [0, 0.05) is 5.56 Å². The second-order valence-corrected chi connectivity index (χ2v) is 4.42. The lowest BCUT2D eigenvalue weighted by Gasteiger charge is -2.08. The van der Waals surface area contributed by atoms with Crippen molar-refractivity contribution in [3.63, 3.8) is 0 Å². The Morgan fingerprint density at radius 1 is 1.32 bits per heavy atom. The van der Waals surface area contributed by atoms with Gasteiger partial charge in [-0.25, -0.2) is 4.98 Å². The molecule has 0 radical (unpaired) electrons. The van der Waals surface area contributed by atoms with Crippen molar-refractivity contribution in [3.8, 4) is 23.1 Å². The molecule has 0 unspecified atom stereocenters. The Hall–Kier alpha value is -2.05. The minimum absolute atomic E-state index is 0.233. The van der Waals surface area contributed by atoms with Crippen LogP contribution in [0.3, 0.4) is 0 Å². The van der Waals surface area contributed by atoms with Crippen molar-refractivity contribution in [3.05, 3.63) is 46.6 Å². The maximum atomic E-state index is 8.91. The third-order valence-electron chi connectivity index (χ3n) is 2.73. The molecule has 1 aromatic heterocycles. The summed E-state index contributed by atoms with van der Waals surface area (Å²) in [6.45, 7) is 4.50. The third-order valence-corrected chi connectivity index (χ3v) is 3.01. The number of aromatic nitrogens is 1. The van der Waals surface area contributed by atoms with Gasteiger partial charge in [0.1, 0.15) is 17.0 Å². The van der Waals surface area contributed by atoms with Crippen molar-refractivity contribution in [2.24, 2.45) is 0 Å². The first-order valence-corrected chi connectivity index (χ1v) is 6.34. The van der Waals surface area contributed by atoms with Crippen LogP contribution < -0.4 is 4.74 Å². The summed E-state index contributed by atoms with van der Waals surface area (Å²) in [6.07, 6.45) is 0. The van der Waals surface area contributed by atoms with Crippen molar-refractivity contribution in [2.45, 2.75) is 13.8 Å². The second kappa shape index (κ2) is 5.73. The Labute approximate surface area is 117 Å². The molecule has 0 aliphatic rings. The van der Waals surface area contributed by atoms with Crippen molar-refractivity contribution in [1.29, 1.82) is 5.26 Å². The van der Waals surface area contributed by atoms with Crippen LogP contribution >= 0.6 is 11.6 Å². The van der Waals surface area contributed by atoms with E-state index >= 15 is 0 Å². The van der Waals surface area contributed by atoms with Crippen molar-refractivity contribution in [2.75, 3.05) is 6.61 Å². The van der Waals surface area contributed by atoms with Crippen LogP contribution in [0.15, 0.2) is 30.3 Å². The summed E-state index contributed by atoms with van der Waals surface area (Å²) in [7, 11) is 0. The Bertz CT molecular complexity index is 630. The molecule has 0 aliphatic carbocycles. The molecule has 1 aromatic carbocycles. The molecule has 0 atom stereocenters. The Balaban J connectivity index is 2.42. The van der Waals surface area contributed by atoms with E-state index in [0.717, 1.165) is 22.6 Å². The van der Waals surface area contributed by atoms with Crippen molar-refractivity contribution in [1.82, 2.24) is 4.98 Å². The Kier molecular flexibility index (Phi) is 4.03. The molecule has 19 heavy (non-hydrogen) atoms. The second-order valence-electron chi connectivity index (χ2n) is 4.06. The zero-order valence-corrected chi connectivity index (χ0v) is 11.5. The monoisotopic (exact) mass is 272 g/mol. The number of pyridine rings is 1. The largest absolute Gasteiger partial charge is 0.494 e.